The molecule has 2 aliphatic rings. The molecule has 0 bridgehead atoms. The molecular formula is C21H20O4. The maximum Gasteiger partial charge on any atom is 0.205 e. The van der Waals surface area contributed by atoms with Crippen molar-refractivity contribution in [2.45, 2.75) is 32.6 Å². The van der Waals surface area contributed by atoms with E-state index in [-0.39, 0.29) is 30.2 Å². The second-order valence-electron chi connectivity index (χ2n) is 6.07. The van der Waals surface area contributed by atoms with Gasteiger partial charge in [-0.1, -0.05) is 48.1 Å². The summed E-state index contributed by atoms with van der Waals surface area (Å²) in [6, 6.07) is 7.34. The zero-order chi connectivity index (χ0) is 17.6. The highest BCUT2D eigenvalue weighted by Crippen LogP contribution is 2.27. The maximum absolute atomic E-state index is 12.3. The number of hydrogen-bond acceptors (Lipinski definition) is 4. The summed E-state index contributed by atoms with van der Waals surface area (Å²) in [7, 11) is 0. The first-order valence-electron chi connectivity index (χ1n) is 8.36. The van der Waals surface area contributed by atoms with E-state index in [0.29, 0.717) is 11.3 Å². The van der Waals surface area contributed by atoms with Gasteiger partial charge in [-0.25, -0.2) is 0 Å². The van der Waals surface area contributed by atoms with Crippen molar-refractivity contribution < 1.29 is 19.1 Å². The number of carbonyl (C=O) groups is 2. The van der Waals surface area contributed by atoms with E-state index in [1.54, 1.807) is 12.1 Å². The first-order chi connectivity index (χ1) is 12.1. The first kappa shape index (κ1) is 17.0. The number of Topliss-reactive ketones (excluding diaryl/α,β-unsaturated/α-hetero) is 2. The lowest BCUT2D eigenvalue weighted by atomic mass is 10.0. The van der Waals surface area contributed by atoms with E-state index in [0.717, 1.165) is 24.0 Å². The molecule has 1 aliphatic heterocycles. The molecule has 0 N–H and O–H groups in total. The average Bonchev–Trinajstić information content (AvgIpc) is 2.67. The number of ketones is 2. The molecule has 1 heterocycles. The number of carbonyl (C=O) groups excluding carboxylic acids is 2. The van der Waals surface area contributed by atoms with Gasteiger partial charge in [-0.3, -0.25) is 9.59 Å². The zero-order valence-corrected chi connectivity index (χ0v) is 14.2. The fourth-order valence-electron chi connectivity index (χ4n) is 2.63. The zero-order valence-electron chi connectivity index (χ0n) is 14.2. The van der Waals surface area contributed by atoms with E-state index in [1.165, 1.54) is 12.5 Å². The molecule has 0 aromatic heterocycles. The van der Waals surface area contributed by atoms with Crippen LogP contribution in [-0.4, -0.2) is 11.6 Å². The summed E-state index contributed by atoms with van der Waals surface area (Å²) in [5.41, 5.74) is 2.71. The number of aryl methyl sites for hydroxylation is 1. The molecule has 1 aliphatic carbocycles. The van der Waals surface area contributed by atoms with Crippen molar-refractivity contribution in [1.29, 1.82) is 0 Å². The summed E-state index contributed by atoms with van der Waals surface area (Å²) < 4.78 is 10.9. The second kappa shape index (κ2) is 7.79. The van der Waals surface area contributed by atoms with E-state index in [9.17, 15) is 9.59 Å². The van der Waals surface area contributed by atoms with Crippen LogP contribution in [0.4, 0.5) is 0 Å². The molecule has 0 saturated heterocycles. The van der Waals surface area contributed by atoms with Crippen LogP contribution in [0.3, 0.4) is 0 Å². The largest absolute Gasteiger partial charge is 0.465 e. The lowest BCUT2D eigenvalue weighted by Gasteiger charge is -2.18. The lowest BCUT2D eigenvalue weighted by Crippen LogP contribution is -2.13. The van der Waals surface area contributed by atoms with Gasteiger partial charge in [-0.05, 0) is 25.3 Å². The molecule has 0 unspecified atom stereocenters. The lowest BCUT2D eigenvalue weighted by molar-refractivity contribution is -0.118. The van der Waals surface area contributed by atoms with Crippen molar-refractivity contribution in [3.05, 3.63) is 83.2 Å². The Kier molecular flexibility index (Phi) is 5.29. The summed E-state index contributed by atoms with van der Waals surface area (Å²) in [6.07, 6.45) is 10.8. The standard InChI is InChI=1S/C21H20O4/c1-15-7-9-16(10-8-15)18(22)11-12-19(23)21-14-24-13-20(25-21)17-5-3-2-4-6-17/h2-3,5,7-10,13-14H,4,6,11-12H2,1H3. The van der Waals surface area contributed by atoms with Crippen molar-refractivity contribution in [1.82, 2.24) is 0 Å². The van der Waals surface area contributed by atoms with Gasteiger partial charge in [0.2, 0.25) is 11.5 Å². The second-order valence-corrected chi connectivity index (χ2v) is 6.07. The molecule has 0 radical (unpaired) electrons. The van der Waals surface area contributed by atoms with Crippen LogP contribution in [0.5, 0.6) is 0 Å². The van der Waals surface area contributed by atoms with Gasteiger partial charge in [0.05, 0.1) is 0 Å². The summed E-state index contributed by atoms with van der Waals surface area (Å²) in [5, 5.41) is 0. The first-order valence-corrected chi connectivity index (χ1v) is 8.36. The number of rotatable bonds is 6. The van der Waals surface area contributed by atoms with Crippen LogP contribution in [0.15, 0.2) is 72.1 Å². The number of benzene rings is 1. The summed E-state index contributed by atoms with van der Waals surface area (Å²) in [6.45, 7) is 1.97. The monoisotopic (exact) mass is 336 g/mol. The molecule has 4 nitrogen and oxygen atoms in total. The minimum Gasteiger partial charge on any atom is -0.465 e. The van der Waals surface area contributed by atoms with Crippen molar-refractivity contribution in [2.75, 3.05) is 0 Å². The minimum atomic E-state index is -0.238. The van der Waals surface area contributed by atoms with Gasteiger partial charge >= 0.3 is 0 Å². The molecule has 25 heavy (non-hydrogen) atoms. The molecule has 1 aromatic carbocycles. The molecule has 0 spiro atoms. The third kappa shape index (κ3) is 4.35. The average molecular weight is 336 g/mol. The normalized spacial score (nSPS) is 16.1. The van der Waals surface area contributed by atoms with Crippen molar-refractivity contribution >= 4 is 11.6 Å². The topological polar surface area (TPSA) is 52.6 Å². The van der Waals surface area contributed by atoms with Gasteiger partial charge in [-0.15, -0.1) is 0 Å². The molecule has 4 heteroatoms. The number of allylic oxidation sites excluding steroid dienone is 5. The van der Waals surface area contributed by atoms with E-state index >= 15 is 0 Å². The van der Waals surface area contributed by atoms with Gasteiger partial charge in [0, 0.05) is 18.4 Å². The van der Waals surface area contributed by atoms with Crippen molar-refractivity contribution in [3.8, 4) is 0 Å². The SMILES string of the molecule is Cc1ccc(C(=O)CCC(=O)C2=COC=C(C3=CC=CCC3)O2)cc1. The predicted octanol–water partition coefficient (Wildman–Crippen LogP) is 4.53. The minimum absolute atomic E-state index is 0.0541. The van der Waals surface area contributed by atoms with Crippen LogP contribution in [0.1, 0.15) is 41.6 Å². The van der Waals surface area contributed by atoms with Crippen LogP contribution >= 0.6 is 0 Å². The Hall–Kier alpha value is -2.88. The van der Waals surface area contributed by atoms with Gasteiger partial charge in [0.15, 0.2) is 11.5 Å². The molecule has 0 saturated carbocycles. The molecular weight excluding hydrogens is 316 g/mol. The third-order valence-electron chi connectivity index (χ3n) is 4.13. The Bertz CT molecular complexity index is 792. The summed E-state index contributed by atoms with van der Waals surface area (Å²) in [5.74, 6) is 0.407. The van der Waals surface area contributed by atoms with Crippen molar-refractivity contribution in [2.24, 2.45) is 0 Å². The van der Waals surface area contributed by atoms with E-state index in [2.05, 4.69) is 6.08 Å². The Balaban J connectivity index is 1.55. The van der Waals surface area contributed by atoms with Crippen LogP contribution < -0.4 is 0 Å². The fourth-order valence-corrected chi connectivity index (χ4v) is 2.63. The summed E-state index contributed by atoms with van der Waals surface area (Å²) >= 11 is 0. The van der Waals surface area contributed by atoms with Crippen LogP contribution in [0.2, 0.25) is 0 Å². The van der Waals surface area contributed by atoms with E-state index in [4.69, 9.17) is 9.47 Å². The number of hydrogen-bond donors (Lipinski definition) is 0. The Morgan fingerprint density at radius 2 is 1.80 bits per heavy atom. The molecule has 1 aromatic rings. The van der Waals surface area contributed by atoms with E-state index < -0.39 is 0 Å². The van der Waals surface area contributed by atoms with Gasteiger partial charge < -0.3 is 9.47 Å². The third-order valence-corrected chi connectivity index (χ3v) is 4.13. The molecule has 0 atom stereocenters. The highest BCUT2D eigenvalue weighted by atomic mass is 16.5. The molecule has 128 valence electrons. The van der Waals surface area contributed by atoms with Gasteiger partial charge in [-0.2, -0.15) is 0 Å². The highest BCUT2D eigenvalue weighted by Gasteiger charge is 2.21. The smallest absolute Gasteiger partial charge is 0.205 e. The van der Waals surface area contributed by atoms with Crippen molar-refractivity contribution in [3.63, 3.8) is 0 Å². The Labute approximate surface area is 147 Å². The fraction of sp³-hybridized carbons (Fsp3) is 0.238. The molecule has 3 rings (SSSR count). The van der Waals surface area contributed by atoms with Gasteiger partial charge in [0.25, 0.3) is 0 Å². The maximum atomic E-state index is 12.3. The molecule has 0 fully saturated rings. The predicted molar refractivity (Wildman–Crippen MR) is 94.5 cm³/mol. The van der Waals surface area contributed by atoms with Gasteiger partial charge in [0.1, 0.15) is 12.5 Å². The van der Waals surface area contributed by atoms with Crippen LogP contribution in [-0.2, 0) is 14.3 Å². The highest BCUT2D eigenvalue weighted by molar-refractivity contribution is 6.01. The summed E-state index contributed by atoms with van der Waals surface area (Å²) in [4.78, 5) is 24.5. The Morgan fingerprint density at radius 3 is 2.52 bits per heavy atom. The number of ether oxygens (including phenoxy) is 2. The van der Waals surface area contributed by atoms with Crippen LogP contribution in [0, 0.1) is 6.92 Å². The Morgan fingerprint density at radius 1 is 1.04 bits per heavy atom. The molecule has 0 amide bonds. The van der Waals surface area contributed by atoms with E-state index in [1.807, 2.05) is 31.2 Å². The van der Waals surface area contributed by atoms with Crippen LogP contribution in [0.25, 0.3) is 0 Å². The quantitative estimate of drug-likeness (QED) is 0.716.